The Labute approximate surface area is 83.2 Å². The molecule has 0 amide bonds. The minimum atomic E-state index is -1.30. The minimum absolute atomic E-state index is 0.0516. The number of hydrogen-bond donors (Lipinski definition) is 2. The highest BCUT2D eigenvalue weighted by Crippen LogP contribution is 2.07. The van der Waals surface area contributed by atoms with Crippen molar-refractivity contribution in [2.75, 3.05) is 0 Å². The Balaban J connectivity index is 4.15. The fourth-order valence-electron chi connectivity index (χ4n) is 0.739. The summed E-state index contributed by atoms with van der Waals surface area (Å²) >= 11 is 0. The molecule has 0 saturated heterocycles. The van der Waals surface area contributed by atoms with Crippen molar-refractivity contribution in [1.82, 2.24) is 0 Å². The molecule has 5 nitrogen and oxygen atoms in total. The van der Waals surface area contributed by atoms with Gasteiger partial charge in [-0.3, -0.25) is 0 Å². The predicted octanol–water partition coefficient (Wildman–Crippen LogP) is -0.190. The largest absolute Gasteiger partial charge is 0.390 e. The Morgan fingerprint density at radius 3 is 2.21 bits per heavy atom. The first-order chi connectivity index (χ1) is 6.40. The highest BCUT2D eigenvalue weighted by Gasteiger charge is 2.24. The van der Waals surface area contributed by atoms with Crippen LogP contribution in [-0.4, -0.2) is 29.2 Å². The maximum absolute atomic E-state index is 11.2. The van der Waals surface area contributed by atoms with Gasteiger partial charge in [0.15, 0.2) is 0 Å². The molecule has 0 aliphatic carbocycles. The molecule has 0 fully saturated rings. The molecule has 3 atom stereocenters. The molecule has 0 radical (unpaired) electrons. The van der Waals surface area contributed by atoms with E-state index in [9.17, 15) is 9.59 Å². The first kappa shape index (κ1) is 13.1. The van der Waals surface area contributed by atoms with E-state index in [0.717, 1.165) is 6.42 Å². The molecule has 0 spiro atoms. The second kappa shape index (κ2) is 5.72. The highest BCUT2D eigenvalue weighted by molar-refractivity contribution is 5.90. The number of rotatable bonds is 4. The molecule has 0 aromatic rings. The third-order valence-electron chi connectivity index (χ3n) is 2.07. The summed E-state index contributed by atoms with van der Waals surface area (Å²) in [6.45, 7) is 4.90. The van der Waals surface area contributed by atoms with E-state index in [-0.39, 0.29) is 5.92 Å². The lowest BCUT2D eigenvalue weighted by Crippen LogP contribution is -2.40. The maximum Gasteiger partial charge on any atom is 0.342 e. The summed E-state index contributed by atoms with van der Waals surface area (Å²) in [6.07, 6.45) is -0.581. The third-order valence-corrected chi connectivity index (χ3v) is 2.07. The lowest BCUT2D eigenvalue weighted by atomic mass is 10.0. The lowest BCUT2D eigenvalue weighted by molar-refractivity contribution is -0.166. The van der Waals surface area contributed by atoms with E-state index in [2.05, 4.69) is 4.74 Å². The topological polar surface area (TPSA) is 89.6 Å². The maximum atomic E-state index is 11.2. The fraction of sp³-hybridized carbons (Fsp3) is 0.778. The minimum Gasteiger partial charge on any atom is -0.390 e. The zero-order chi connectivity index (χ0) is 11.3. The van der Waals surface area contributed by atoms with Crippen LogP contribution in [0, 0.1) is 5.92 Å². The average molecular weight is 203 g/mol. The van der Waals surface area contributed by atoms with Crippen molar-refractivity contribution >= 4 is 11.9 Å². The van der Waals surface area contributed by atoms with Crippen LogP contribution in [0.4, 0.5) is 0 Å². The standard InChI is InChI=1S/C9H17NO4/c1-4-5(2)7(10)9(13)14-8(12)6(3)11/h5-7,11H,4,10H2,1-3H3/t5-,6+,7-/m0/s1. The van der Waals surface area contributed by atoms with Gasteiger partial charge in [-0.1, -0.05) is 20.3 Å². The van der Waals surface area contributed by atoms with Crippen LogP contribution in [0.15, 0.2) is 0 Å². The van der Waals surface area contributed by atoms with E-state index < -0.39 is 24.1 Å². The molecule has 0 aromatic heterocycles. The summed E-state index contributed by atoms with van der Waals surface area (Å²) < 4.78 is 4.34. The molecule has 0 heterocycles. The van der Waals surface area contributed by atoms with Gasteiger partial charge >= 0.3 is 11.9 Å². The summed E-state index contributed by atoms with van der Waals surface area (Å²) in [4.78, 5) is 22.0. The van der Waals surface area contributed by atoms with Crippen LogP contribution in [0.1, 0.15) is 27.2 Å². The molecule has 3 N–H and O–H groups in total. The first-order valence-corrected chi connectivity index (χ1v) is 4.59. The van der Waals surface area contributed by atoms with Crippen LogP contribution >= 0.6 is 0 Å². The molecule has 14 heavy (non-hydrogen) atoms. The van der Waals surface area contributed by atoms with Gasteiger partial charge in [0.1, 0.15) is 12.1 Å². The zero-order valence-electron chi connectivity index (χ0n) is 8.69. The zero-order valence-corrected chi connectivity index (χ0v) is 8.69. The van der Waals surface area contributed by atoms with Crippen molar-refractivity contribution in [3.05, 3.63) is 0 Å². The van der Waals surface area contributed by atoms with Gasteiger partial charge in [-0.2, -0.15) is 0 Å². The number of nitrogens with two attached hydrogens (primary N) is 1. The monoisotopic (exact) mass is 203 g/mol. The Morgan fingerprint density at radius 1 is 1.36 bits per heavy atom. The quantitative estimate of drug-likeness (QED) is 0.488. The molecule has 5 heteroatoms. The molecule has 0 aliphatic heterocycles. The molecule has 0 aromatic carbocycles. The van der Waals surface area contributed by atoms with Crippen LogP contribution in [0.2, 0.25) is 0 Å². The molecule has 0 unspecified atom stereocenters. The van der Waals surface area contributed by atoms with Crippen molar-refractivity contribution in [2.45, 2.75) is 39.3 Å². The molecular weight excluding hydrogens is 186 g/mol. The number of aliphatic hydroxyl groups excluding tert-OH is 1. The van der Waals surface area contributed by atoms with Gasteiger partial charge in [-0.15, -0.1) is 0 Å². The summed E-state index contributed by atoms with van der Waals surface area (Å²) in [5, 5.41) is 8.78. The van der Waals surface area contributed by atoms with Crippen molar-refractivity contribution in [2.24, 2.45) is 11.7 Å². The smallest absolute Gasteiger partial charge is 0.342 e. The predicted molar refractivity (Wildman–Crippen MR) is 50.2 cm³/mol. The van der Waals surface area contributed by atoms with Crippen molar-refractivity contribution in [3.8, 4) is 0 Å². The SMILES string of the molecule is CC[C@H](C)[C@H](N)C(=O)OC(=O)[C@@H](C)O. The van der Waals surface area contributed by atoms with Gasteiger partial charge in [0.25, 0.3) is 0 Å². The van der Waals surface area contributed by atoms with E-state index in [0.29, 0.717) is 0 Å². The summed E-state index contributed by atoms with van der Waals surface area (Å²) in [5.41, 5.74) is 5.51. The van der Waals surface area contributed by atoms with Gasteiger partial charge in [-0.25, -0.2) is 9.59 Å². The normalized spacial score (nSPS) is 16.9. The number of ether oxygens (including phenoxy) is 1. The van der Waals surface area contributed by atoms with E-state index in [1.807, 2.05) is 6.92 Å². The Bertz CT molecular complexity index is 215. The molecule has 82 valence electrons. The second-order valence-electron chi connectivity index (χ2n) is 3.33. The Hall–Kier alpha value is -0.940. The van der Waals surface area contributed by atoms with Crippen LogP contribution < -0.4 is 5.73 Å². The van der Waals surface area contributed by atoms with Crippen LogP contribution in [0.5, 0.6) is 0 Å². The van der Waals surface area contributed by atoms with Gasteiger partial charge < -0.3 is 15.6 Å². The highest BCUT2D eigenvalue weighted by atomic mass is 16.6. The molecule has 0 bridgehead atoms. The van der Waals surface area contributed by atoms with Gasteiger partial charge in [0, 0.05) is 0 Å². The van der Waals surface area contributed by atoms with Crippen molar-refractivity contribution in [3.63, 3.8) is 0 Å². The van der Waals surface area contributed by atoms with E-state index in [1.165, 1.54) is 6.92 Å². The number of carbonyl (C=O) groups excluding carboxylic acids is 2. The number of esters is 2. The van der Waals surface area contributed by atoms with Crippen LogP contribution in [-0.2, 0) is 14.3 Å². The van der Waals surface area contributed by atoms with Gasteiger partial charge in [-0.05, 0) is 12.8 Å². The fourth-order valence-corrected chi connectivity index (χ4v) is 0.739. The number of aliphatic hydroxyl groups is 1. The summed E-state index contributed by atoms with van der Waals surface area (Å²) in [7, 11) is 0. The molecular formula is C9H17NO4. The third kappa shape index (κ3) is 3.85. The average Bonchev–Trinajstić information content (AvgIpc) is 2.14. The molecule has 0 saturated carbocycles. The van der Waals surface area contributed by atoms with Crippen molar-refractivity contribution < 1.29 is 19.4 Å². The summed E-state index contributed by atoms with van der Waals surface area (Å²) in [5.74, 6) is -1.80. The van der Waals surface area contributed by atoms with Crippen LogP contribution in [0.25, 0.3) is 0 Å². The number of carbonyl (C=O) groups is 2. The van der Waals surface area contributed by atoms with Gasteiger partial charge in [0.2, 0.25) is 0 Å². The Morgan fingerprint density at radius 2 is 1.86 bits per heavy atom. The second-order valence-corrected chi connectivity index (χ2v) is 3.33. The van der Waals surface area contributed by atoms with Gasteiger partial charge in [0.05, 0.1) is 0 Å². The molecule has 0 aliphatic rings. The Kier molecular flexibility index (Phi) is 5.34. The lowest BCUT2D eigenvalue weighted by Gasteiger charge is -2.16. The van der Waals surface area contributed by atoms with Crippen LogP contribution in [0.3, 0.4) is 0 Å². The van der Waals surface area contributed by atoms with Crippen molar-refractivity contribution in [1.29, 1.82) is 0 Å². The number of hydrogen-bond acceptors (Lipinski definition) is 5. The van der Waals surface area contributed by atoms with E-state index in [1.54, 1.807) is 6.92 Å². The molecule has 0 rings (SSSR count). The van der Waals surface area contributed by atoms with E-state index >= 15 is 0 Å². The summed E-state index contributed by atoms with van der Waals surface area (Å²) in [6, 6.07) is -0.817. The van der Waals surface area contributed by atoms with E-state index in [4.69, 9.17) is 10.8 Å². The first-order valence-electron chi connectivity index (χ1n) is 4.59.